The molecule has 4 heteroatoms. The number of benzene rings is 1. The van der Waals surface area contributed by atoms with Crippen molar-refractivity contribution in [3.63, 3.8) is 0 Å². The maximum absolute atomic E-state index is 12.9. The lowest BCUT2D eigenvalue weighted by Crippen LogP contribution is -2.51. The van der Waals surface area contributed by atoms with E-state index in [1.807, 2.05) is 6.92 Å². The zero-order chi connectivity index (χ0) is 20.1. The lowest BCUT2D eigenvalue weighted by atomic mass is 9.58. The lowest BCUT2D eigenvalue weighted by Gasteiger charge is -2.47. The Labute approximate surface area is 168 Å². The van der Waals surface area contributed by atoms with E-state index in [1.54, 1.807) is 0 Å². The fourth-order valence-electron chi connectivity index (χ4n) is 5.31. The molecule has 2 heterocycles. The molecule has 0 radical (unpaired) electrons. The van der Waals surface area contributed by atoms with Crippen molar-refractivity contribution < 1.29 is 14.3 Å². The topological polar surface area (TPSA) is 46.6 Å². The summed E-state index contributed by atoms with van der Waals surface area (Å²) >= 11 is 0. The van der Waals surface area contributed by atoms with Crippen LogP contribution >= 0.6 is 0 Å². The Kier molecular flexibility index (Phi) is 4.79. The first-order valence-corrected chi connectivity index (χ1v) is 10.8. The fraction of sp³-hybridized carbons (Fsp3) is 0.667. The monoisotopic (exact) mass is 383 g/mol. The van der Waals surface area contributed by atoms with E-state index in [2.05, 4.69) is 49.9 Å². The number of esters is 1. The number of hydrogen-bond donors (Lipinski definition) is 0. The van der Waals surface area contributed by atoms with Crippen LogP contribution in [0.15, 0.2) is 24.3 Å². The molecule has 4 rings (SSSR count). The molecule has 0 bridgehead atoms. The first-order valence-electron chi connectivity index (χ1n) is 10.8. The van der Waals surface area contributed by atoms with Gasteiger partial charge in [-0.1, -0.05) is 45.0 Å². The van der Waals surface area contributed by atoms with E-state index in [1.165, 1.54) is 11.1 Å². The highest BCUT2D eigenvalue weighted by molar-refractivity contribution is 5.81. The quantitative estimate of drug-likeness (QED) is 0.710. The summed E-state index contributed by atoms with van der Waals surface area (Å²) in [7, 11) is 0. The SMILES string of the molecule is C[C@@H]1OC(=O)CC12CC(C(=O)N1CCC(c3ccc(C(C)(C)C)cc3)CC1)C2. The van der Waals surface area contributed by atoms with Gasteiger partial charge in [0, 0.05) is 24.4 Å². The molecule has 1 aromatic carbocycles. The molecule has 3 aliphatic rings. The summed E-state index contributed by atoms with van der Waals surface area (Å²) in [4.78, 5) is 26.5. The van der Waals surface area contributed by atoms with Gasteiger partial charge in [0.25, 0.3) is 0 Å². The van der Waals surface area contributed by atoms with Crippen molar-refractivity contribution in [2.45, 2.75) is 77.2 Å². The van der Waals surface area contributed by atoms with Crippen molar-refractivity contribution >= 4 is 11.9 Å². The highest BCUT2D eigenvalue weighted by Gasteiger charge is 2.57. The number of hydrogen-bond acceptors (Lipinski definition) is 3. The van der Waals surface area contributed by atoms with E-state index in [-0.39, 0.29) is 28.8 Å². The van der Waals surface area contributed by atoms with E-state index in [0.29, 0.717) is 18.2 Å². The molecule has 1 saturated carbocycles. The Morgan fingerprint density at radius 1 is 1.11 bits per heavy atom. The second kappa shape index (κ2) is 6.89. The van der Waals surface area contributed by atoms with Gasteiger partial charge in [-0.3, -0.25) is 9.59 Å². The van der Waals surface area contributed by atoms with Crippen LogP contribution in [0.1, 0.15) is 76.8 Å². The molecule has 2 aliphatic heterocycles. The van der Waals surface area contributed by atoms with Gasteiger partial charge in [0.15, 0.2) is 0 Å². The highest BCUT2D eigenvalue weighted by atomic mass is 16.6. The molecule has 3 fully saturated rings. The third kappa shape index (κ3) is 3.46. The first kappa shape index (κ1) is 19.5. The number of ether oxygens (including phenoxy) is 1. The largest absolute Gasteiger partial charge is 0.462 e. The number of likely N-dealkylation sites (tertiary alicyclic amines) is 1. The van der Waals surface area contributed by atoms with Gasteiger partial charge in [-0.2, -0.15) is 0 Å². The minimum Gasteiger partial charge on any atom is -0.462 e. The smallest absolute Gasteiger partial charge is 0.306 e. The van der Waals surface area contributed by atoms with E-state index < -0.39 is 0 Å². The Morgan fingerprint density at radius 3 is 2.21 bits per heavy atom. The summed E-state index contributed by atoms with van der Waals surface area (Å²) in [6, 6.07) is 9.06. The summed E-state index contributed by atoms with van der Waals surface area (Å²) in [6.07, 6.45) is 4.16. The van der Waals surface area contributed by atoms with Crippen LogP contribution in [0.3, 0.4) is 0 Å². The summed E-state index contributed by atoms with van der Waals surface area (Å²) in [5, 5.41) is 0. The predicted molar refractivity (Wildman–Crippen MR) is 109 cm³/mol. The van der Waals surface area contributed by atoms with Gasteiger partial charge in [0.05, 0.1) is 6.42 Å². The number of rotatable bonds is 2. The number of amides is 1. The molecule has 0 aromatic heterocycles. The van der Waals surface area contributed by atoms with Crippen LogP contribution in [-0.2, 0) is 19.7 Å². The van der Waals surface area contributed by atoms with E-state index in [4.69, 9.17) is 4.74 Å². The molecule has 4 nitrogen and oxygen atoms in total. The third-order valence-electron chi connectivity index (χ3n) is 7.38. The van der Waals surface area contributed by atoms with E-state index in [9.17, 15) is 9.59 Å². The second-order valence-electron chi connectivity index (χ2n) is 10.2. The van der Waals surface area contributed by atoms with Gasteiger partial charge in [-0.05, 0) is 55.1 Å². The maximum atomic E-state index is 12.9. The van der Waals surface area contributed by atoms with E-state index >= 15 is 0 Å². The molecule has 28 heavy (non-hydrogen) atoms. The molecule has 0 unspecified atom stereocenters. The number of cyclic esters (lactones) is 1. The number of carbonyl (C=O) groups is 2. The standard InChI is InChI=1S/C24H33NO3/c1-16-24(15-21(26)28-16)13-19(14-24)22(27)25-11-9-18(10-12-25)17-5-7-20(8-6-17)23(2,3)4/h5-8,16,18-19H,9-15H2,1-4H3/t16-,19?,24?/m0/s1. The summed E-state index contributed by atoms with van der Waals surface area (Å²) in [6.45, 7) is 10.4. The summed E-state index contributed by atoms with van der Waals surface area (Å²) in [5.41, 5.74) is 2.88. The zero-order valence-corrected chi connectivity index (χ0v) is 17.7. The van der Waals surface area contributed by atoms with Crippen molar-refractivity contribution in [3.8, 4) is 0 Å². The van der Waals surface area contributed by atoms with Crippen molar-refractivity contribution in [2.24, 2.45) is 11.3 Å². The van der Waals surface area contributed by atoms with Crippen LogP contribution in [0.25, 0.3) is 0 Å². The van der Waals surface area contributed by atoms with Gasteiger partial charge < -0.3 is 9.64 Å². The first-order chi connectivity index (χ1) is 13.2. The lowest BCUT2D eigenvalue weighted by molar-refractivity contribution is -0.147. The van der Waals surface area contributed by atoms with Gasteiger partial charge in [-0.15, -0.1) is 0 Å². The minimum atomic E-state index is -0.100. The molecule has 0 N–H and O–H groups in total. The highest BCUT2D eigenvalue weighted by Crippen LogP contribution is 2.55. The normalized spacial score (nSPS) is 31.0. The Morgan fingerprint density at radius 2 is 1.71 bits per heavy atom. The van der Waals surface area contributed by atoms with Crippen molar-refractivity contribution in [3.05, 3.63) is 35.4 Å². The maximum Gasteiger partial charge on any atom is 0.306 e. The van der Waals surface area contributed by atoms with Crippen molar-refractivity contribution in [1.29, 1.82) is 0 Å². The Bertz CT molecular complexity index is 747. The number of piperidine rings is 1. The molecule has 152 valence electrons. The van der Waals surface area contributed by atoms with Crippen molar-refractivity contribution in [1.82, 2.24) is 4.90 Å². The van der Waals surface area contributed by atoms with E-state index in [0.717, 1.165) is 38.8 Å². The Balaban J connectivity index is 1.30. The molecule has 1 aliphatic carbocycles. The molecule has 1 aromatic rings. The second-order valence-corrected chi connectivity index (χ2v) is 10.2. The van der Waals surface area contributed by atoms with Gasteiger partial charge in [0.2, 0.25) is 5.91 Å². The third-order valence-corrected chi connectivity index (χ3v) is 7.38. The van der Waals surface area contributed by atoms with Gasteiger partial charge >= 0.3 is 5.97 Å². The van der Waals surface area contributed by atoms with Crippen LogP contribution in [-0.4, -0.2) is 36.0 Å². The zero-order valence-electron chi connectivity index (χ0n) is 17.7. The van der Waals surface area contributed by atoms with Crippen LogP contribution < -0.4 is 0 Å². The molecular weight excluding hydrogens is 350 g/mol. The summed E-state index contributed by atoms with van der Waals surface area (Å²) < 4.78 is 5.32. The van der Waals surface area contributed by atoms with Gasteiger partial charge in [-0.25, -0.2) is 0 Å². The van der Waals surface area contributed by atoms with Crippen LogP contribution in [0.2, 0.25) is 0 Å². The average Bonchev–Trinajstić information content (AvgIpc) is 2.93. The molecular formula is C24H33NO3. The van der Waals surface area contributed by atoms with Crippen LogP contribution in [0, 0.1) is 11.3 Å². The average molecular weight is 384 g/mol. The molecule has 1 amide bonds. The Hall–Kier alpha value is -1.84. The minimum absolute atomic E-state index is 0.0362. The van der Waals surface area contributed by atoms with Crippen LogP contribution in [0.4, 0.5) is 0 Å². The summed E-state index contributed by atoms with van der Waals surface area (Å²) in [5.74, 6) is 0.821. The van der Waals surface area contributed by atoms with Crippen LogP contribution in [0.5, 0.6) is 0 Å². The molecule has 2 saturated heterocycles. The predicted octanol–water partition coefficient (Wildman–Crippen LogP) is 4.42. The fourth-order valence-corrected chi connectivity index (χ4v) is 5.31. The van der Waals surface area contributed by atoms with Gasteiger partial charge in [0.1, 0.15) is 6.10 Å². The van der Waals surface area contributed by atoms with Crippen molar-refractivity contribution in [2.75, 3.05) is 13.1 Å². The molecule has 1 atom stereocenters. The number of nitrogens with zero attached hydrogens (tertiary/aromatic N) is 1. The molecule has 1 spiro atoms. The number of carbonyl (C=O) groups excluding carboxylic acids is 2.